The molecule has 0 spiro atoms. The summed E-state index contributed by atoms with van der Waals surface area (Å²) in [6.07, 6.45) is 1.85. The Morgan fingerprint density at radius 3 is 2.85 bits per heavy atom. The zero-order valence-corrected chi connectivity index (χ0v) is 15.7. The van der Waals surface area contributed by atoms with E-state index in [9.17, 15) is 14.3 Å². The summed E-state index contributed by atoms with van der Waals surface area (Å²) in [5.74, 6) is -1.38. The Kier molecular flexibility index (Phi) is 4.41. The molecule has 2 aromatic heterocycles. The monoisotopic (exact) mass is 401 g/mol. The second-order valence-corrected chi connectivity index (χ2v) is 7.52. The van der Waals surface area contributed by atoms with Gasteiger partial charge >= 0.3 is 5.97 Å². The molecule has 0 aliphatic rings. The van der Waals surface area contributed by atoms with Crippen LogP contribution >= 0.6 is 22.9 Å². The van der Waals surface area contributed by atoms with Crippen LogP contribution < -0.4 is 0 Å². The van der Waals surface area contributed by atoms with Crippen molar-refractivity contribution < 1.29 is 14.3 Å². The summed E-state index contributed by atoms with van der Waals surface area (Å²) < 4.78 is 15.3. The van der Waals surface area contributed by atoms with Gasteiger partial charge in [0.2, 0.25) is 0 Å². The maximum Gasteiger partial charge on any atom is 0.347 e. The second kappa shape index (κ2) is 6.75. The molecule has 0 radical (unpaired) electrons. The van der Waals surface area contributed by atoms with Crippen LogP contribution in [-0.4, -0.2) is 25.8 Å². The van der Waals surface area contributed by atoms with Gasteiger partial charge in [-0.1, -0.05) is 23.7 Å². The van der Waals surface area contributed by atoms with Crippen LogP contribution in [0.25, 0.3) is 21.5 Å². The number of aryl methyl sites for hydroxylation is 1. The van der Waals surface area contributed by atoms with Crippen LogP contribution in [0, 0.1) is 12.7 Å². The quantitative estimate of drug-likeness (QED) is 0.522. The lowest BCUT2D eigenvalue weighted by molar-refractivity contribution is 0.0701. The van der Waals surface area contributed by atoms with Gasteiger partial charge in [0.1, 0.15) is 15.7 Å². The number of carboxylic acids is 1. The summed E-state index contributed by atoms with van der Waals surface area (Å²) in [6, 6.07) is 9.98. The average Bonchev–Trinajstić information content (AvgIpc) is 3.16. The van der Waals surface area contributed by atoms with Gasteiger partial charge in [-0.25, -0.2) is 14.2 Å². The summed E-state index contributed by atoms with van der Waals surface area (Å²) in [5.41, 5.74) is 2.75. The zero-order valence-electron chi connectivity index (χ0n) is 14.1. The van der Waals surface area contributed by atoms with E-state index in [4.69, 9.17) is 11.6 Å². The van der Waals surface area contributed by atoms with Crippen LogP contribution in [0.3, 0.4) is 0 Å². The molecule has 0 amide bonds. The molecule has 0 bridgehead atoms. The molecule has 0 atom stereocenters. The number of halogens is 2. The minimum Gasteiger partial charge on any atom is -0.477 e. The smallest absolute Gasteiger partial charge is 0.347 e. The van der Waals surface area contributed by atoms with E-state index >= 15 is 0 Å². The molecule has 4 aromatic rings. The number of hydrogen-bond donors (Lipinski definition) is 1. The van der Waals surface area contributed by atoms with Crippen LogP contribution in [0.2, 0.25) is 5.02 Å². The van der Waals surface area contributed by atoms with Crippen LogP contribution in [-0.2, 0) is 6.54 Å². The van der Waals surface area contributed by atoms with Crippen molar-refractivity contribution >= 4 is 39.8 Å². The molecule has 2 aromatic carbocycles. The highest BCUT2D eigenvalue weighted by Crippen LogP contribution is 2.33. The Labute approximate surface area is 162 Å². The topological polar surface area (TPSA) is 68.0 Å². The molecule has 8 heteroatoms. The van der Waals surface area contributed by atoms with Gasteiger partial charge < -0.3 is 5.11 Å². The van der Waals surface area contributed by atoms with Gasteiger partial charge in [-0.3, -0.25) is 4.68 Å². The lowest BCUT2D eigenvalue weighted by Gasteiger charge is -2.02. The van der Waals surface area contributed by atoms with Crippen molar-refractivity contribution in [3.05, 3.63) is 69.6 Å². The third-order valence-corrected chi connectivity index (χ3v) is 5.48. The predicted octanol–water partition coefficient (Wildman–Crippen LogP) is 5.01. The van der Waals surface area contributed by atoms with Gasteiger partial charge in [-0.05, 0) is 36.8 Å². The fourth-order valence-corrected chi connectivity index (χ4v) is 4.15. The molecule has 4 rings (SSSR count). The number of nitrogens with zero attached hydrogens (tertiary/aromatic N) is 3. The van der Waals surface area contributed by atoms with E-state index < -0.39 is 11.8 Å². The molecule has 2 heterocycles. The van der Waals surface area contributed by atoms with Crippen molar-refractivity contribution in [3.63, 3.8) is 0 Å². The first-order valence-corrected chi connectivity index (χ1v) is 9.22. The lowest BCUT2D eigenvalue weighted by atomic mass is 10.1. The highest BCUT2D eigenvalue weighted by atomic mass is 35.5. The number of carboxylic acid groups (broad SMARTS) is 1. The van der Waals surface area contributed by atoms with Crippen LogP contribution in [0.1, 0.15) is 20.9 Å². The van der Waals surface area contributed by atoms with E-state index in [-0.39, 0.29) is 4.88 Å². The van der Waals surface area contributed by atoms with E-state index in [2.05, 4.69) is 10.1 Å². The largest absolute Gasteiger partial charge is 0.477 e. The molecular weight excluding hydrogens is 389 g/mol. The molecule has 0 saturated heterocycles. The van der Waals surface area contributed by atoms with Gasteiger partial charge in [0.25, 0.3) is 0 Å². The maximum absolute atomic E-state index is 13.6. The minimum absolute atomic E-state index is 0.226. The number of thiazole rings is 1. The summed E-state index contributed by atoms with van der Waals surface area (Å²) in [4.78, 5) is 15.9. The summed E-state index contributed by atoms with van der Waals surface area (Å²) in [7, 11) is 0. The number of rotatable bonds is 4. The molecule has 0 aliphatic carbocycles. The maximum atomic E-state index is 13.6. The molecular formula is C19H13ClFN3O2S. The van der Waals surface area contributed by atoms with Crippen LogP contribution in [0.4, 0.5) is 4.39 Å². The zero-order chi connectivity index (χ0) is 19.1. The molecule has 5 nitrogen and oxygen atoms in total. The van der Waals surface area contributed by atoms with Crippen molar-refractivity contribution in [1.82, 2.24) is 14.8 Å². The first kappa shape index (κ1) is 17.6. The lowest BCUT2D eigenvalue weighted by Crippen LogP contribution is -2.00. The molecule has 0 fully saturated rings. The molecule has 0 aliphatic heterocycles. The van der Waals surface area contributed by atoms with Crippen molar-refractivity contribution in [1.29, 1.82) is 0 Å². The van der Waals surface area contributed by atoms with Crippen LogP contribution in [0.5, 0.6) is 0 Å². The Hall–Kier alpha value is -2.77. The molecule has 0 saturated carbocycles. The predicted molar refractivity (Wildman–Crippen MR) is 103 cm³/mol. The molecule has 136 valence electrons. The SMILES string of the molecule is Cc1nc(-c2cccc3nn(Cc4cc(F)cc(Cl)c4)cc23)sc1C(=O)O. The number of aromatic nitrogens is 3. The number of carbonyl (C=O) groups is 1. The normalized spacial score (nSPS) is 11.2. The number of hydrogen-bond acceptors (Lipinski definition) is 4. The van der Waals surface area contributed by atoms with E-state index in [0.717, 1.165) is 27.8 Å². The Morgan fingerprint density at radius 1 is 1.33 bits per heavy atom. The molecule has 1 N–H and O–H groups in total. The highest BCUT2D eigenvalue weighted by Gasteiger charge is 2.17. The Balaban J connectivity index is 1.76. The van der Waals surface area contributed by atoms with E-state index in [1.807, 2.05) is 24.4 Å². The fraction of sp³-hybridized carbons (Fsp3) is 0.105. The van der Waals surface area contributed by atoms with E-state index in [1.165, 1.54) is 12.1 Å². The van der Waals surface area contributed by atoms with Crippen molar-refractivity contribution in [2.75, 3.05) is 0 Å². The van der Waals surface area contributed by atoms with Gasteiger partial charge in [0.05, 0.1) is 17.8 Å². The minimum atomic E-state index is -0.984. The summed E-state index contributed by atoms with van der Waals surface area (Å²) >= 11 is 7.06. The van der Waals surface area contributed by atoms with Crippen molar-refractivity contribution in [3.8, 4) is 10.6 Å². The van der Waals surface area contributed by atoms with Gasteiger partial charge in [0, 0.05) is 22.2 Å². The Bertz CT molecular complexity index is 1160. The van der Waals surface area contributed by atoms with E-state index in [1.54, 1.807) is 17.7 Å². The third kappa shape index (κ3) is 3.43. The number of benzene rings is 2. The number of fused-ring (bicyclic) bond motifs is 1. The van der Waals surface area contributed by atoms with Gasteiger partial charge in [-0.2, -0.15) is 5.10 Å². The van der Waals surface area contributed by atoms with Gasteiger partial charge in [-0.15, -0.1) is 11.3 Å². The summed E-state index contributed by atoms with van der Waals surface area (Å²) in [5, 5.41) is 15.6. The van der Waals surface area contributed by atoms with Crippen LogP contribution in [0.15, 0.2) is 42.6 Å². The number of aromatic carboxylic acids is 1. The average molecular weight is 402 g/mol. The fourth-order valence-electron chi connectivity index (χ4n) is 2.96. The first-order chi connectivity index (χ1) is 12.9. The third-order valence-electron chi connectivity index (χ3n) is 4.09. The van der Waals surface area contributed by atoms with Crippen molar-refractivity contribution in [2.24, 2.45) is 0 Å². The van der Waals surface area contributed by atoms with Gasteiger partial charge in [0.15, 0.2) is 0 Å². The highest BCUT2D eigenvalue weighted by molar-refractivity contribution is 7.17. The summed E-state index contributed by atoms with van der Waals surface area (Å²) in [6.45, 7) is 2.05. The molecule has 0 unspecified atom stereocenters. The standard InChI is InChI=1S/C19H13ClFN3O2S/c1-10-17(19(25)26)27-18(22-10)14-3-2-4-16-15(14)9-24(23-16)8-11-5-12(20)7-13(21)6-11/h2-7,9H,8H2,1H3,(H,25,26). The Morgan fingerprint density at radius 2 is 2.15 bits per heavy atom. The van der Waals surface area contributed by atoms with Crippen molar-refractivity contribution in [2.45, 2.75) is 13.5 Å². The first-order valence-electron chi connectivity index (χ1n) is 8.03. The molecule has 27 heavy (non-hydrogen) atoms. The second-order valence-electron chi connectivity index (χ2n) is 6.08. The van der Waals surface area contributed by atoms with E-state index in [0.29, 0.717) is 27.8 Å².